The molecule has 0 unspecified atom stereocenters. The second-order valence-electron chi connectivity index (χ2n) is 5.98. The van der Waals surface area contributed by atoms with Crippen molar-refractivity contribution in [3.8, 4) is 5.69 Å². The second-order valence-corrected chi connectivity index (χ2v) is 7.27. The summed E-state index contributed by atoms with van der Waals surface area (Å²) in [5.41, 5.74) is 3.28. The first-order chi connectivity index (χ1) is 12.7. The van der Waals surface area contributed by atoms with Crippen LogP contribution >= 0.6 is 35.3 Å². The van der Waals surface area contributed by atoms with E-state index >= 15 is 0 Å². The lowest BCUT2D eigenvalue weighted by Crippen LogP contribution is -2.37. The number of halogens is 1. The zero-order valence-electron chi connectivity index (χ0n) is 15.8. The molecule has 3 rings (SSSR count). The summed E-state index contributed by atoms with van der Waals surface area (Å²) in [4.78, 5) is 10.1. The molecule has 27 heavy (non-hydrogen) atoms. The third kappa shape index (κ3) is 6.03. The summed E-state index contributed by atoms with van der Waals surface area (Å²) >= 11 is 1.76. The minimum absolute atomic E-state index is 0. The number of nitrogens with one attached hydrogen (secondary N) is 2. The van der Waals surface area contributed by atoms with Gasteiger partial charge in [0, 0.05) is 43.2 Å². The van der Waals surface area contributed by atoms with E-state index in [1.165, 1.54) is 4.88 Å². The first kappa shape index (κ1) is 21.4. The summed E-state index contributed by atoms with van der Waals surface area (Å²) in [6.45, 7) is 5.64. The molecule has 0 aliphatic rings. The minimum Gasteiger partial charge on any atom is -0.356 e. The predicted molar refractivity (Wildman–Crippen MR) is 122 cm³/mol. The molecule has 0 saturated heterocycles. The van der Waals surface area contributed by atoms with Crippen molar-refractivity contribution in [1.82, 2.24) is 25.4 Å². The summed E-state index contributed by atoms with van der Waals surface area (Å²) in [6, 6.07) is 10.1. The molecular weight excluding hydrogens is 471 g/mol. The van der Waals surface area contributed by atoms with Crippen molar-refractivity contribution in [2.24, 2.45) is 4.99 Å². The van der Waals surface area contributed by atoms with Crippen LogP contribution in [0.25, 0.3) is 5.69 Å². The fourth-order valence-corrected chi connectivity index (χ4v) is 3.45. The molecule has 1 aromatic carbocycles. The first-order valence-corrected chi connectivity index (χ1v) is 9.44. The van der Waals surface area contributed by atoms with Crippen LogP contribution in [0.5, 0.6) is 0 Å². The molecule has 0 saturated carbocycles. The van der Waals surface area contributed by atoms with Crippen LogP contribution in [-0.4, -0.2) is 34.3 Å². The number of para-hydroxylation sites is 1. The third-order valence-corrected chi connectivity index (χ3v) is 5.18. The van der Waals surface area contributed by atoms with Crippen LogP contribution in [0.3, 0.4) is 0 Å². The fraction of sp³-hybridized carbons (Fsp3) is 0.316. The molecule has 0 atom stereocenters. The molecule has 0 aliphatic heterocycles. The van der Waals surface area contributed by atoms with Crippen LogP contribution in [0, 0.1) is 13.8 Å². The Balaban J connectivity index is 0.00000261. The maximum absolute atomic E-state index is 4.57. The molecule has 144 valence electrons. The van der Waals surface area contributed by atoms with Crippen LogP contribution < -0.4 is 10.6 Å². The third-order valence-electron chi connectivity index (χ3n) is 4.04. The van der Waals surface area contributed by atoms with E-state index in [1.54, 1.807) is 18.4 Å². The van der Waals surface area contributed by atoms with Crippen molar-refractivity contribution in [2.45, 2.75) is 26.8 Å². The highest BCUT2D eigenvalue weighted by molar-refractivity contribution is 14.0. The number of aryl methyl sites for hydroxylation is 2. The summed E-state index contributed by atoms with van der Waals surface area (Å²) in [5, 5.41) is 12.2. The molecule has 0 radical (unpaired) electrons. The Morgan fingerprint density at radius 2 is 1.96 bits per heavy atom. The number of benzene rings is 1. The largest absolute Gasteiger partial charge is 0.356 e. The topological polar surface area (TPSA) is 67.1 Å². The Kier molecular flexibility index (Phi) is 8.23. The monoisotopic (exact) mass is 496 g/mol. The summed E-state index contributed by atoms with van der Waals surface area (Å²) in [7, 11) is 1.78. The van der Waals surface area contributed by atoms with Crippen LogP contribution in [-0.2, 0) is 13.0 Å². The van der Waals surface area contributed by atoms with E-state index < -0.39 is 0 Å². The van der Waals surface area contributed by atoms with Gasteiger partial charge < -0.3 is 10.6 Å². The standard InChI is InChI=1S/C19H24N6S.HI/c1-14-15(2)26-18(24-14)9-10-21-19(20-3)22-11-16-12-23-25(13-16)17-7-5-4-6-8-17;/h4-8,12-13H,9-11H2,1-3H3,(H2,20,21,22);1H. The fourth-order valence-electron chi connectivity index (χ4n) is 2.51. The van der Waals surface area contributed by atoms with Crippen molar-refractivity contribution in [2.75, 3.05) is 13.6 Å². The molecule has 0 aliphatic carbocycles. The average molecular weight is 496 g/mol. The number of nitrogens with zero attached hydrogens (tertiary/aromatic N) is 4. The van der Waals surface area contributed by atoms with Gasteiger partial charge in [0.05, 0.1) is 22.6 Å². The number of aliphatic imine (C=N–C) groups is 1. The molecule has 0 amide bonds. The highest BCUT2D eigenvalue weighted by Crippen LogP contribution is 2.16. The van der Waals surface area contributed by atoms with Gasteiger partial charge in [-0.15, -0.1) is 35.3 Å². The van der Waals surface area contributed by atoms with Crippen molar-refractivity contribution in [1.29, 1.82) is 0 Å². The molecular formula is C19H25IN6S. The van der Waals surface area contributed by atoms with Gasteiger partial charge in [-0.2, -0.15) is 5.10 Å². The molecule has 0 bridgehead atoms. The Morgan fingerprint density at radius 1 is 1.19 bits per heavy atom. The van der Waals surface area contributed by atoms with Crippen LogP contribution in [0.15, 0.2) is 47.7 Å². The maximum atomic E-state index is 4.57. The highest BCUT2D eigenvalue weighted by Gasteiger charge is 2.05. The average Bonchev–Trinajstić information content (AvgIpc) is 3.25. The smallest absolute Gasteiger partial charge is 0.191 e. The van der Waals surface area contributed by atoms with E-state index in [0.29, 0.717) is 6.54 Å². The number of hydrogen-bond acceptors (Lipinski definition) is 4. The Morgan fingerprint density at radius 3 is 2.63 bits per heavy atom. The summed E-state index contributed by atoms with van der Waals surface area (Å²) in [6.07, 6.45) is 4.79. The number of guanidine groups is 1. The molecule has 2 heterocycles. The van der Waals surface area contributed by atoms with Gasteiger partial charge in [0.2, 0.25) is 0 Å². The van der Waals surface area contributed by atoms with Gasteiger partial charge in [0.1, 0.15) is 0 Å². The van der Waals surface area contributed by atoms with Gasteiger partial charge in [-0.25, -0.2) is 9.67 Å². The number of hydrogen-bond donors (Lipinski definition) is 2. The predicted octanol–water partition coefficient (Wildman–Crippen LogP) is 3.47. The van der Waals surface area contributed by atoms with Crippen molar-refractivity contribution < 1.29 is 0 Å². The molecule has 0 fully saturated rings. The lowest BCUT2D eigenvalue weighted by Gasteiger charge is -2.10. The van der Waals surface area contributed by atoms with Gasteiger partial charge in [-0.05, 0) is 26.0 Å². The van der Waals surface area contributed by atoms with Crippen LogP contribution in [0.1, 0.15) is 21.1 Å². The summed E-state index contributed by atoms with van der Waals surface area (Å²) < 4.78 is 1.88. The van der Waals surface area contributed by atoms with E-state index in [0.717, 1.165) is 40.9 Å². The van der Waals surface area contributed by atoms with Crippen LogP contribution in [0.4, 0.5) is 0 Å². The van der Waals surface area contributed by atoms with Crippen molar-refractivity contribution >= 4 is 41.3 Å². The van der Waals surface area contributed by atoms with Crippen molar-refractivity contribution in [3.05, 3.63) is 63.9 Å². The first-order valence-electron chi connectivity index (χ1n) is 8.62. The van der Waals surface area contributed by atoms with Gasteiger partial charge >= 0.3 is 0 Å². The molecule has 2 aromatic heterocycles. The molecule has 8 heteroatoms. The summed E-state index contributed by atoms with van der Waals surface area (Å²) in [5.74, 6) is 0.780. The zero-order valence-corrected chi connectivity index (χ0v) is 18.9. The van der Waals surface area contributed by atoms with E-state index in [4.69, 9.17) is 0 Å². The normalized spacial score (nSPS) is 11.1. The Labute approximate surface area is 181 Å². The SMILES string of the molecule is CN=C(NCCc1nc(C)c(C)s1)NCc1cnn(-c2ccccc2)c1.I. The van der Waals surface area contributed by atoms with E-state index in [1.807, 2.05) is 47.4 Å². The number of thiazole rings is 1. The van der Waals surface area contributed by atoms with Gasteiger partial charge in [0.15, 0.2) is 5.96 Å². The van der Waals surface area contributed by atoms with Gasteiger partial charge in [-0.3, -0.25) is 4.99 Å². The lowest BCUT2D eigenvalue weighted by molar-refractivity contribution is 0.790. The van der Waals surface area contributed by atoms with E-state index in [-0.39, 0.29) is 24.0 Å². The number of rotatable bonds is 6. The molecule has 2 N–H and O–H groups in total. The second kappa shape index (κ2) is 10.4. The van der Waals surface area contributed by atoms with E-state index in [2.05, 4.69) is 39.6 Å². The number of aromatic nitrogens is 3. The van der Waals surface area contributed by atoms with Crippen LogP contribution in [0.2, 0.25) is 0 Å². The van der Waals surface area contributed by atoms with Gasteiger partial charge in [0.25, 0.3) is 0 Å². The lowest BCUT2D eigenvalue weighted by atomic mass is 10.3. The Hall–Kier alpha value is -1.94. The van der Waals surface area contributed by atoms with Gasteiger partial charge in [-0.1, -0.05) is 18.2 Å². The maximum Gasteiger partial charge on any atom is 0.191 e. The zero-order chi connectivity index (χ0) is 18.4. The van der Waals surface area contributed by atoms with E-state index in [9.17, 15) is 0 Å². The highest BCUT2D eigenvalue weighted by atomic mass is 127. The Bertz CT molecular complexity index is 852. The molecule has 6 nitrogen and oxygen atoms in total. The molecule has 3 aromatic rings. The van der Waals surface area contributed by atoms with Crippen molar-refractivity contribution in [3.63, 3.8) is 0 Å². The quantitative estimate of drug-likeness (QED) is 0.312. The minimum atomic E-state index is 0. The molecule has 0 spiro atoms.